The number of nitrogens with zero attached hydrogens (tertiary/aromatic N) is 2. The molecule has 0 radical (unpaired) electrons. The van der Waals surface area contributed by atoms with Crippen molar-refractivity contribution in [2.45, 2.75) is 44.7 Å². The van der Waals surface area contributed by atoms with Gasteiger partial charge >= 0.3 is 5.97 Å². The summed E-state index contributed by atoms with van der Waals surface area (Å²) in [6.07, 6.45) is -0.691. The highest BCUT2D eigenvalue weighted by molar-refractivity contribution is 6.09. The zero-order valence-electron chi connectivity index (χ0n) is 20.3. The van der Waals surface area contributed by atoms with Gasteiger partial charge in [-0.15, -0.1) is 0 Å². The number of hydrogen-bond donors (Lipinski definition) is 2. The number of anilines is 2. The number of ether oxygens (including phenoxy) is 2. The Bertz CT molecular complexity index is 1120. The predicted molar refractivity (Wildman–Crippen MR) is 132 cm³/mol. The lowest BCUT2D eigenvalue weighted by molar-refractivity contribution is -0.168. The van der Waals surface area contributed by atoms with Crippen molar-refractivity contribution in [2.24, 2.45) is 0 Å². The predicted octanol–water partition coefficient (Wildman–Crippen LogP) is 1.34. The third kappa shape index (κ3) is 5.55. The molecule has 36 heavy (non-hydrogen) atoms. The summed E-state index contributed by atoms with van der Waals surface area (Å²) in [7, 11) is 1.64. The first-order valence-electron chi connectivity index (χ1n) is 11.9. The fourth-order valence-electron chi connectivity index (χ4n) is 4.34. The minimum Gasteiger partial charge on any atom is -0.433 e. The second kappa shape index (κ2) is 11.3. The van der Waals surface area contributed by atoms with Crippen LogP contribution in [0.3, 0.4) is 0 Å². The molecule has 1 saturated heterocycles. The summed E-state index contributed by atoms with van der Waals surface area (Å²) in [6, 6.07) is 15.0. The van der Waals surface area contributed by atoms with E-state index >= 15 is 0 Å². The highest BCUT2D eigenvalue weighted by atomic mass is 16.7. The molecule has 2 aromatic carbocycles. The Morgan fingerprint density at radius 1 is 1.06 bits per heavy atom. The molecule has 0 spiro atoms. The van der Waals surface area contributed by atoms with Crippen LogP contribution in [0.5, 0.6) is 0 Å². The second-order valence-electron chi connectivity index (χ2n) is 8.65. The number of fused-ring (bicyclic) bond motifs is 1. The minimum absolute atomic E-state index is 0.0341. The Balaban J connectivity index is 1.50. The molecule has 0 aliphatic carbocycles. The zero-order valence-corrected chi connectivity index (χ0v) is 20.3. The molecule has 1 unspecified atom stereocenters. The SMILES string of the molecule is CCC(=O)N1C[C@H](NC)C(=O)N(CC(=O)N[C@H]2CC(=O)OC2OCc2ccccc2)c2ccccc21. The third-order valence-electron chi connectivity index (χ3n) is 6.21. The maximum atomic E-state index is 13.4. The monoisotopic (exact) mass is 494 g/mol. The molecule has 10 heteroatoms. The van der Waals surface area contributed by atoms with Gasteiger partial charge in [0.05, 0.1) is 30.9 Å². The van der Waals surface area contributed by atoms with E-state index in [4.69, 9.17) is 9.47 Å². The van der Waals surface area contributed by atoms with Crippen molar-refractivity contribution in [1.82, 2.24) is 10.6 Å². The molecule has 190 valence electrons. The molecule has 0 aromatic heterocycles. The number of esters is 1. The number of hydrogen-bond acceptors (Lipinski definition) is 7. The number of carbonyl (C=O) groups is 4. The quantitative estimate of drug-likeness (QED) is 0.532. The molecule has 2 heterocycles. The van der Waals surface area contributed by atoms with Gasteiger partial charge in [-0.2, -0.15) is 0 Å². The van der Waals surface area contributed by atoms with E-state index in [0.29, 0.717) is 11.4 Å². The Hall–Kier alpha value is -3.76. The van der Waals surface area contributed by atoms with Crippen molar-refractivity contribution in [3.05, 3.63) is 60.2 Å². The summed E-state index contributed by atoms with van der Waals surface area (Å²) in [5, 5.41) is 5.75. The molecule has 3 amide bonds. The van der Waals surface area contributed by atoms with Crippen molar-refractivity contribution in [3.63, 3.8) is 0 Å². The molecule has 3 atom stereocenters. The Kier molecular flexibility index (Phi) is 7.97. The van der Waals surface area contributed by atoms with Gasteiger partial charge in [-0.1, -0.05) is 49.4 Å². The largest absolute Gasteiger partial charge is 0.433 e. The van der Waals surface area contributed by atoms with E-state index in [1.54, 1.807) is 43.1 Å². The number of nitrogens with one attached hydrogen (secondary N) is 2. The fourth-order valence-corrected chi connectivity index (χ4v) is 4.34. The van der Waals surface area contributed by atoms with E-state index in [-0.39, 0.29) is 44.4 Å². The first-order valence-corrected chi connectivity index (χ1v) is 11.9. The molecule has 2 aromatic rings. The normalized spacial score (nSPS) is 21.6. The van der Waals surface area contributed by atoms with E-state index in [1.165, 1.54) is 4.90 Å². The fraction of sp³-hybridized carbons (Fsp3) is 0.385. The van der Waals surface area contributed by atoms with Crippen LogP contribution in [-0.4, -0.2) is 62.2 Å². The smallest absolute Gasteiger partial charge is 0.310 e. The van der Waals surface area contributed by atoms with Gasteiger partial charge in [0.15, 0.2) is 0 Å². The van der Waals surface area contributed by atoms with E-state index in [9.17, 15) is 19.2 Å². The maximum absolute atomic E-state index is 13.4. The average Bonchev–Trinajstić information content (AvgIpc) is 3.19. The number of cyclic esters (lactones) is 1. The van der Waals surface area contributed by atoms with E-state index in [1.807, 2.05) is 30.3 Å². The number of carbonyl (C=O) groups excluding carboxylic acids is 4. The highest BCUT2D eigenvalue weighted by Crippen LogP contribution is 2.33. The van der Waals surface area contributed by atoms with Crippen LogP contribution >= 0.6 is 0 Å². The molecule has 2 N–H and O–H groups in total. The summed E-state index contributed by atoms with van der Waals surface area (Å²) >= 11 is 0. The third-order valence-corrected chi connectivity index (χ3v) is 6.21. The molecular weight excluding hydrogens is 464 g/mol. The lowest BCUT2D eigenvalue weighted by Crippen LogP contribution is -2.53. The summed E-state index contributed by atoms with van der Waals surface area (Å²) < 4.78 is 11.0. The molecular formula is C26H30N4O6. The summed E-state index contributed by atoms with van der Waals surface area (Å²) in [4.78, 5) is 54.0. The number of para-hydroxylation sites is 2. The number of benzene rings is 2. The zero-order chi connectivity index (χ0) is 25.7. The number of amides is 3. The lowest BCUT2D eigenvalue weighted by atomic mass is 10.2. The van der Waals surface area contributed by atoms with E-state index < -0.39 is 30.3 Å². The van der Waals surface area contributed by atoms with Crippen LogP contribution in [-0.2, 0) is 35.3 Å². The molecule has 2 aliphatic rings. The van der Waals surface area contributed by atoms with Crippen LogP contribution in [0.25, 0.3) is 0 Å². The summed E-state index contributed by atoms with van der Waals surface area (Å²) in [5.41, 5.74) is 1.93. The molecule has 2 aliphatic heterocycles. The first kappa shape index (κ1) is 25.3. The molecule has 1 fully saturated rings. The Labute approximate surface area is 209 Å². The lowest BCUT2D eigenvalue weighted by Gasteiger charge is -2.26. The molecule has 4 rings (SSSR count). The average molecular weight is 495 g/mol. The van der Waals surface area contributed by atoms with Crippen LogP contribution < -0.4 is 20.4 Å². The van der Waals surface area contributed by atoms with Gasteiger partial charge in [-0.05, 0) is 24.7 Å². The van der Waals surface area contributed by atoms with E-state index in [2.05, 4.69) is 10.6 Å². The van der Waals surface area contributed by atoms with Gasteiger partial charge < -0.3 is 25.0 Å². The van der Waals surface area contributed by atoms with Crippen LogP contribution in [0.15, 0.2) is 54.6 Å². The number of rotatable bonds is 8. The van der Waals surface area contributed by atoms with Crippen LogP contribution in [0.2, 0.25) is 0 Å². The van der Waals surface area contributed by atoms with Gasteiger partial charge in [0.1, 0.15) is 18.6 Å². The Morgan fingerprint density at radius 3 is 2.44 bits per heavy atom. The first-order chi connectivity index (χ1) is 17.4. The maximum Gasteiger partial charge on any atom is 0.310 e. The Morgan fingerprint density at radius 2 is 1.75 bits per heavy atom. The van der Waals surface area contributed by atoms with Gasteiger partial charge in [-0.25, -0.2) is 0 Å². The van der Waals surface area contributed by atoms with Gasteiger partial charge in [0.2, 0.25) is 24.0 Å². The molecule has 10 nitrogen and oxygen atoms in total. The van der Waals surface area contributed by atoms with E-state index in [0.717, 1.165) is 5.56 Å². The summed E-state index contributed by atoms with van der Waals surface area (Å²) in [6.45, 7) is 1.84. The van der Waals surface area contributed by atoms with Crippen molar-refractivity contribution in [1.29, 1.82) is 0 Å². The highest BCUT2D eigenvalue weighted by Gasteiger charge is 2.39. The van der Waals surface area contributed by atoms with Crippen molar-refractivity contribution >= 4 is 35.1 Å². The van der Waals surface area contributed by atoms with Crippen LogP contribution in [0.1, 0.15) is 25.3 Å². The van der Waals surface area contributed by atoms with Crippen LogP contribution in [0.4, 0.5) is 11.4 Å². The number of likely N-dealkylation sites (N-methyl/N-ethyl adjacent to an activating group) is 1. The van der Waals surface area contributed by atoms with Crippen molar-refractivity contribution < 1.29 is 28.7 Å². The van der Waals surface area contributed by atoms with Gasteiger partial charge in [0, 0.05) is 6.42 Å². The standard InChI is InChI=1S/C26H30N4O6/c1-3-23(32)29-14-19(27-2)25(34)30(21-12-8-7-11-20(21)29)15-22(31)28-18-13-24(33)36-26(18)35-16-17-9-5-4-6-10-17/h4-12,18-19,26-27H,3,13-16H2,1-2H3,(H,28,31)/t18-,19-,26?/m0/s1. The molecule has 0 bridgehead atoms. The van der Waals surface area contributed by atoms with Crippen molar-refractivity contribution in [3.8, 4) is 0 Å². The molecule has 0 saturated carbocycles. The minimum atomic E-state index is -0.934. The van der Waals surface area contributed by atoms with Gasteiger partial charge in [-0.3, -0.25) is 24.1 Å². The van der Waals surface area contributed by atoms with Crippen molar-refractivity contribution in [2.75, 3.05) is 29.9 Å². The summed E-state index contributed by atoms with van der Waals surface area (Å²) in [5.74, 6) is -1.40. The topological polar surface area (TPSA) is 117 Å². The van der Waals surface area contributed by atoms with Gasteiger partial charge in [0.25, 0.3) is 0 Å². The van der Waals surface area contributed by atoms with Crippen LogP contribution in [0, 0.1) is 0 Å². The second-order valence-corrected chi connectivity index (χ2v) is 8.65.